The number of sulfone groups is 1. The highest BCUT2D eigenvalue weighted by molar-refractivity contribution is 7.91. The number of rotatable bonds is 12. The molecule has 1 rings (SSSR count). The molecule has 0 aliphatic rings. The molecular weight excluding hydrogens is 386 g/mol. The van der Waals surface area contributed by atoms with E-state index in [9.17, 15) is 22.8 Å². The third kappa shape index (κ3) is 7.67. The van der Waals surface area contributed by atoms with Crippen LogP contribution in [0, 0.1) is 0 Å². The highest BCUT2D eigenvalue weighted by Crippen LogP contribution is 2.15. The molecule has 0 saturated carbocycles. The third-order valence-electron chi connectivity index (χ3n) is 3.93. The lowest BCUT2D eigenvalue weighted by molar-refractivity contribution is -0.152. The van der Waals surface area contributed by atoms with Crippen molar-refractivity contribution in [2.75, 3.05) is 25.4 Å². The molecular formula is C19H27NO7S. The van der Waals surface area contributed by atoms with Crippen molar-refractivity contribution in [3.63, 3.8) is 0 Å². The minimum absolute atomic E-state index is 0.0142. The SMILES string of the molecule is CCCN(CCC)C(=O)COC(=O)CCCS(=O)(=O)c1cccc(C(=O)O)c1. The predicted molar refractivity (Wildman–Crippen MR) is 103 cm³/mol. The number of hydrogen-bond acceptors (Lipinski definition) is 6. The summed E-state index contributed by atoms with van der Waals surface area (Å²) < 4.78 is 29.5. The number of esters is 1. The molecule has 1 N–H and O–H groups in total. The zero-order chi connectivity index (χ0) is 21.2. The van der Waals surface area contributed by atoms with E-state index in [1.54, 1.807) is 4.90 Å². The fourth-order valence-corrected chi connectivity index (χ4v) is 3.91. The fourth-order valence-electron chi connectivity index (χ4n) is 2.55. The van der Waals surface area contributed by atoms with Gasteiger partial charge in [0.25, 0.3) is 5.91 Å². The van der Waals surface area contributed by atoms with Gasteiger partial charge in [0.05, 0.1) is 16.2 Å². The molecule has 0 fully saturated rings. The molecule has 1 aromatic carbocycles. The van der Waals surface area contributed by atoms with Crippen LogP contribution in [-0.4, -0.2) is 61.7 Å². The smallest absolute Gasteiger partial charge is 0.335 e. The van der Waals surface area contributed by atoms with Crippen LogP contribution in [0.5, 0.6) is 0 Å². The Morgan fingerprint density at radius 1 is 1.11 bits per heavy atom. The van der Waals surface area contributed by atoms with Gasteiger partial charge in [-0.2, -0.15) is 0 Å². The second kappa shape index (κ2) is 11.4. The summed E-state index contributed by atoms with van der Waals surface area (Å²) in [5.74, 6) is -2.45. The first-order chi connectivity index (χ1) is 13.2. The molecule has 1 aromatic rings. The minimum Gasteiger partial charge on any atom is -0.478 e. The summed E-state index contributed by atoms with van der Waals surface area (Å²) in [5.41, 5.74) is -0.122. The summed E-state index contributed by atoms with van der Waals surface area (Å²) in [6.45, 7) is 4.74. The molecule has 8 nitrogen and oxygen atoms in total. The maximum Gasteiger partial charge on any atom is 0.335 e. The summed E-state index contributed by atoms with van der Waals surface area (Å²) in [7, 11) is -3.72. The number of amides is 1. The van der Waals surface area contributed by atoms with E-state index in [0.717, 1.165) is 18.9 Å². The van der Waals surface area contributed by atoms with Crippen LogP contribution in [0.4, 0.5) is 0 Å². The van der Waals surface area contributed by atoms with E-state index in [2.05, 4.69) is 0 Å². The van der Waals surface area contributed by atoms with Crippen molar-refractivity contribution in [2.24, 2.45) is 0 Å². The highest BCUT2D eigenvalue weighted by Gasteiger charge is 2.18. The van der Waals surface area contributed by atoms with E-state index in [1.807, 2.05) is 13.8 Å². The molecule has 1 amide bonds. The Hall–Kier alpha value is -2.42. The van der Waals surface area contributed by atoms with Crippen molar-refractivity contribution in [2.45, 2.75) is 44.4 Å². The molecule has 0 spiro atoms. The number of carbonyl (C=O) groups is 3. The van der Waals surface area contributed by atoms with Crippen molar-refractivity contribution >= 4 is 27.7 Å². The maximum atomic E-state index is 12.3. The van der Waals surface area contributed by atoms with Crippen LogP contribution in [-0.2, 0) is 24.2 Å². The molecule has 0 atom stereocenters. The number of ether oxygens (including phenoxy) is 1. The van der Waals surface area contributed by atoms with Crippen molar-refractivity contribution in [3.8, 4) is 0 Å². The van der Waals surface area contributed by atoms with Gasteiger partial charge in [0, 0.05) is 19.5 Å². The Kier molecular flexibility index (Phi) is 9.64. The third-order valence-corrected chi connectivity index (χ3v) is 5.73. The van der Waals surface area contributed by atoms with Crippen LogP contribution in [0.2, 0.25) is 0 Å². The molecule has 9 heteroatoms. The summed E-state index contributed by atoms with van der Waals surface area (Å²) in [6, 6.07) is 5.06. The molecule has 0 radical (unpaired) electrons. The standard InChI is InChI=1S/C19H27NO7S/c1-3-10-20(11-4-2)17(21)14-27-18(22)9-6-12-28(25,26)16-8-5-7-15(13-16)19(23)24/h5,7-8,13H,3-4,6,9-12,14H2,1-2H3,(H,23,24). The van der Waals surface area contributed by atoms with Gasteiger partial charge in [0.1, 0.15) is 0 Å². The zero-order valence-electron chi connectivity index (χ0n) is 16.2. The zero-order valence-corrected chi connectivity index (χ0v) is 17.0. The molecule has 28 heavy (non-hydrogen) atoms. The largest absolute Gasteiger partial charge is 0.478 e. The summed E-state index contributed by atoms with van der Waals surface area (Å²) >= 11 is 0. The summed E-state index contributed by atoms with van der Waals surface area (Å²) in [6.07, 6.45) is 1.48. The van der Waals surface area contributed by atoms with Gasteiger partial charge in [-0.15, -0.1) is 0 Å². The predicted octanol–water partition coefficient (Wildman–Crippen LogP) is 2.13. The molecule has 156 valence electrons. The van der Waals surface area contributed by atoms with Gasteiger partial charge in [-0.3, -0.25) is 9.59 Å². The number of aromatic carboxylic acids is 1. The van der Waals surface area contributed by atoms with Gasteiger partial charge in [0.2, 0.25) is 0 Å². The van der Waals surface area contributed by atoms with E-state index in [1.165, 1.54) is 18.2 Å². The first-order valence-corrected chi connectivity index (χ1v) is 10.9. The van der Waals surface area contributed by atoms with Gasteiger partial charge >= 0.3 is 11.9 Å². The monoisotopic (exact) mass is 413 g/mol. The Bertz CT molecular complexity index is 783. The topological polar surface area (TPSA) is 118 Å². The Balaban J connectivity index is 2.50. The molecule has 0 saturated heterocycles. The molecule has 0 heterocycles. The molecule has 0 bridgehead atoms. The van der Waals surface area contributed by atoms with Gasteiger partial charge in [-0.05, 0) is 37.5 Å². The van der Waals surface area contributed by atoms with Gasteiger partial charge in [-0.25, -0.2) is 13.2 Å². The van der Waals surface area contributed by atoms with Gasteiger partial charge < -0.3 is 14.7 Å². The van der Waals surface area contributed by atoms with E-state index < -0.39 is 21.8 Å². The Labute approximate surface area is 165 Å². The summed E-state index contributed by atoms with van der Waals surface area (Å²) in [4.78, 5) is 36.3. The number of carbonyl (C=O) groups excluding carboxylic acids is 2. The minimum atomic E-state index is -3.72. The molecule has 0 aromatic heterocycles. The number of nitrogens with zero attached hydrogens (tertiary/aromatic N) is 1. The first kappa shape index (κ1) is 23.6. The van der Waals surface area contributed by atoms with Crippen LogP contribution in [0.1, 0.15) is 49.9 Å². The average Bonchev–Trinajstić information content (AvgIpc) is 2.66. The highest BCUT2D eigenvalue weighted by atomic mass is 32.2. The molecule has 0 aliphatic carbocycles. The van der Waals surface area contributed by atoms with E-state index in [0.29, 0.717) is 13.1 Å². The van der Waals surface area contributed by atoms with Crippen LogP contribution in [0.3, 0.4) is 0 Å². The first-order valence-electron chi connectivity index (χ1n) is 9.20. The average molecular weight is 413 g/mol. The van der Waals surface area contributed by atoms with Crippen LogP contribution in [0.25, 0.3) is 0 Å². The Morgan fingerprint density at radius 2 is 1.75 bits per heavy atom. The number of carboxylic acid groups (broad SMARTS) is 1. The number of hydrogen-bond donors (Lipinski definition) is 1. The van der Waals surface area contributed by atoms with Crippen molar-refractivity contribution in [3.05, 3.63) is 29.8 Å². The fraction of sp³-hybridized carbons (Fsp3) is 0.526. The second-order valence-electron chi connectivity index (χ2n) is 6.30. The van der Waals surface area contributed by atoms with E-state index in [4.69, 9.17) is 9.84 Å². The van der Waals surface area contributed by atoms with E-state index >= 15 is 0 Å². The number of carboxylic acids is 1. The number of benzene rings is 1. The normalized spacial score (nSPS) is 11.1. The summed E-state index contributed by atoms with van der Waals surface area (Å²) in [5, 5.41) is 8.95. The van der Waals surface area contributed by atoms with Gasteiger partial charge in [-0.1, -0.05) is 19.9 Å². The van der Waals surface area contributed by atoms with Crippen molar-refractivity contribution in [1.29, 1.82) is 0 Å². The van der Waals surface area contributed by atoms with Crippen LogP contribution in [0.15, 0.2) is 29.2 Å². The molecule has 0 unspecified atom stereocenters. The lowest BCUT2D eigenvalue weighted by Gasteiger charge is -2.21. The maximum absolute atomic E-state index is 12.3. The Morgan fingerprint density at radius 3 is 2.32 bits per heavy atom. The van der Waals surface area contributed by atoms with Crippen LogP contribution < -0.4 is 0 Å². The van der Waals surface area contributed by atoms with E-state index in [-0.39, 0.29) is 41.6 Å². The van der Waals surface area contributed by atoms with Crippen molar-refractivity contribution < 1.29 is 32.6 Å². The van der Waals surface area contributed by atoms with Crippen molar-refractivity contribution in [1.82, 2.24) is 4.90 Å². The molecule has 0 aliphatic heterocycles. The van der Waals surface area contributed by atoms with Crippen LogP contribution >= 0.6 is 0 Å². The lowest BCUT2D eigenvalue weighted by Crippen LogP contribution is -2.35. The second-order valence-corrected chi connectivity index (χ2v) is 8.41. The lowest BCUT2D eigenvalue weighted by atomic mass is 10.2. The van der Waals surface area contributed by atoms with Gasteiger partial charge in [0.15, 0.2) is 16.4 Å². The quantitative estimate of drug-likeness (QED) is 0.522.